The molecule has 0 fully saturated rings. The van der Waals surface area contributed by atoms with E-state index in [1.165, 1.54) is 7.11 Å². The van der Waals surface area contributed by atoms with Gasteiger partial charge in [-0.25, -0.2) is 4.79 Å². The number of carbonyl (C=O) groups is 1. The van der Waals surface area contributed by atoms with Gasteiger partial charge in [0.2, 0.25) is 0 Å². The van der Waals surface area contributed by atoms with E-state index in [0.29, 0.717) is 5.56 Å². The van der Waals surface area contributed by atoms with Crippen molar-refractivity contribution in [2.24, 2.45) is 0 Å². The predicted molar refractivity (Wildman–Crippen MR) is 77.5 cm³/mol. The zero-order chi connectivity index (χ0) is 13.8. The number of hydrogen-bond acceptors (Lipinski definition) is 3. The number of ether oxygens (including phenoxy) is 1. The second-order valence-electron chi connectivity index (χ2n) is 4.48. The predicted octanol–water partition coefficient (Wildman–Crippen LogP) is 3.21. The summed E-state index contributed by atoms with van der Waals surface area (Å²) in [5.41, 5.74) is 3.52. The Morgan fingerprint density at radius 1 is 1.05 bits per heavy atom. The van der Waals surface area contributed by atoms with Crippen LogP contribution >= 0.6 is 0 Å². The van der Waals surface area contributed by atoms with Gasteiger partial charge in [0.05, 0.1) is 12.7 Å². The van der Waals surface area contributed by atoms with Crippen molar-refractivity contribution in [2.75, 3.05) is 26.1 Å². The van der Waals surface area contributed by atoms with Crippen LogP contribution in [0, 0.1) is 0 Å². The molecule has 0 saturated carbocycles. The highest BCUT2D eigenvalue weighted by atomic mass is 16.5. The van der Waals surface area contributed by atoms with Gasteiger partial charge in [-0.3, -0.25) is 0 Å². The van der Waals surface area contributed by atoms with E-state index in [4.69, 9.17) is 4.74 Å². The first-order valence-corrected chi connectivity index (χ1v) is 6.08. The first kappa shape index (κ1) is 13.1. The first-order valence-electron chi connectivity index (χ1n) is 6.08. The van der Waals surface area contributed by atoms with Gasteiger partial charge in [0.15, 0.2) is 0 Å². The fourth-order valence-electron chi connectivity index (χ4n) is 1.95. The molecule has 0 atom stereocenters. The maximum Gasteiger partial charge on any atom is 0.338 e. The molecule has 0 aliphatic carbocycles. The van der Waals surface area contributed by atoms with Crippen LogP contribution in [-0.2, 0) is 4.74 Å². The summed E-state index contributed by atoms with van der Waals surface area (Å²) in [6, 6.07) is 15.6. The highest BCUT2D eigenvalue weighted by Gasteiger charge is 2.14. The quantitative estimate of drug-likeness (QED) is 0.789. The lowest BCUT2D eigenvalue weighted by atomic mass is 9.99. The van der Waals surface area contributed by atoms with Gasteiger partial charge < -0.3 is 9.64 Å². The van der Waals surface area contributed by atoms with Crippen molar-refractivity contribution in [2.45, 2.75) is 0 Å². The van der Waals surface area contributed by atoms with Gasteiger partial charge in [-0.2, -0.15) is 0 Å². The fourth-order valence-corrected chi connectivity index (χ4v) is 1.95. The van der Waals surface area contributed by atoms with Crippen LogP contribution in [0.2, 0.25) is 0 Å². The van der Waals surface area contributed by atoms with Gasteiger partial charge in [0.1, 0.15) is 0 Å². The van der Waals surface area contributed by atoms with Gasteiger partial charge in [-0.1, -0.05) is 30.3 Å². The van der Waals surface area contributed by atoms with Gasteiger partial charge in [-0.05, 0) is 29.3 Å². The molecule has 2 aromatic carbocycles. The summed E-state index contributed by atoms with van der Waals surface area (Å²) < 4.78 is 4.85. The molecule has 0 bridgehead atoms. The van der Waals surface area contributed by atoms with E-state index in [1.807, 2.05) is 67.5 Å². The van der Waals surface area contributed by atoms with E-state index in [2.05, 4.69) is 0 Å². The Kier molecular flexibility index (Phi) is 3.85. The van der Waals surface area contributed by atoms with Crippen LogP contribution in [-0.4, -0.2) is 27.2 Å². The molecule has 0 unspecified atom stereocenters. The minimum absolute atomic E-state index is 0.316. The molecule has 2 aromatic rings. The van der Waals surface area contributed by atoms with Crippen molar-refractivity contribution < 1.29 is 9.53 Å². The molecule has 0 saturated heterocycles. The third kappa shape index (κ3) is 2.76. The third-order valence-electron chi connectivity index (χ3n) is 3.01. The van der Waals surface area contributed by atoms with Crippen molar-refractivity contribution in [3.8, 4) is 11.1 Å². The maximum atomic E-state index is 11.9. The number of rotatable bonds is 3. The summed E-state index contributed by atoms with van der Waals surface area (Å²) in [7, 11) is 5.35. The number of nitrogens with zero attached hydrogens (tertiary/aromatic N) is 1. The molecule has 0 heterocycles. The number of esters is 1. The summed E-state index contributed by atoms with van der Waals surface area (Å²) in [6.45, 7) is 0. The fraction of sp³-hybridized carbons (Fsp3) is 0.188. The molecule has 0 radical (unpaired) electrons. The van der Waals surface area contributed by atoms with E-state index >= 15 is 0 Å². The number of benzene rings is 2. The number of hydrogen-bond donors (Lipinski definition) is 0. The van der Waals surface area contributed by atoms with Gasteiger partial charge >= 0.3 is 5.97 Å². The number of carbonyl (C=O) groups excluding carboxylic acids is 1. The zero-order valence-electron chi connectivity index (χ0n) is 11.4. The first-order chi connectivity index (χ1) is 9.13. The monoisotopic (exact) mass is 255 g/mol. The molecule has 19 heavy (non-hydrogen) atoms. The van der Waals surface area contributed by atoms with Crippen molar-refractivity contribution in [1.82, 2.24) is 0 Å². The van der Waals surface area contributed by atoms with Gasteiger partial charge in [-0.15, -0.1) is 0 Å². The highest BCUT2D eigenvalue weighted by molar-refractivity contribution is 5.98. The zero-order valence-corrected chi connectivity index (χ0v) is 11.4. The van der Waals surface area contributed by atoms with Crippen LogP contribution in [0.4, 0.5) is 5.69 Å². The normalized spacial score (nSPS) is 10.1. The van der Waals surface area contributed by atoms with E-state index < -0.39 is 0 Å². The Labute approximate surface area is 113 Å². The molecule has 98 valence electrons. The smallest absolute Gasteiger partial charge is 0.338 e. The molecule has 0 aromatic heterocycles. The van der Waals surface area contributed by atoms with Crippen LogP contribution < -0.4 is 4.90 Å². The Balaban J connectivity index is 2.60. The molecule has 0 aliphatic heterocycles. The van der Waals surface area contributed by atoms with E-state index in [1.54, 1.807) is 0 Å². The minimum atomic E-state index is -0.316. The SMILES string of the molecule is COC(=O)c1ccc(N(C)C)cc1-c1ccccc1. The molecule has 3 nitrogen and oxygen atoms in total. The van der Waals surface area contributed by atoms with E-state index in [9.17, 15) is 4.79 Å². The second-order valence-corrected chi connectivity index (χ2v) is 4.48. The largest absolute Gasteiger partial charge is 0.465 e. The molecular formula is C16H17NO2. The number of anilines is 1. The van der Waals surface area contributed by atoms with Gasteiger partial charge in [0.25, 0.3) is 0 Å². The van der Waals surface area contributed by atoms with Crippen LogP contribution in [0.5, 0.6) is 0 Å². The molecule has 0 amide bonds. The molecule has 2 rings (SSSR count). The average molecular weight is 255 g/mol. The Hall–Kier alpha value is -2.29. The standard InChI is InChI=1S/C16H17NO2/c1-17(2)13-9-10-14(16(18)19-3)15(11-13)12-7-5-4-6-8-12/h4-11H,1-3H3. The summed E-state index contributed by atoms with van der Waals surface area (Å²) in [4.78, 5) is 13.9. The minimum Gasteiger partial charge on any atom is -0.465 e. The topological polar surface area (TPSA) is 29.5 Å². The molecule has 0 aliphatic rings. The average Bonchev–Trinajstić information content (AvgIpc) is 2.46. The van der Waals surface area contributed by atoms with Crippen LogP contribution in [0.1, 0.15) is 10.4 Å². The van der Waals surface area contributed by atoms with Crippen molar-refractivity contribution in [3.05, 3.63) is 54.1 Å². The maximum absolute atomic E-state index is 11.9. The third-order valence-corrected chi connectivity index (χ3v) is 3.01. The molecule has 3 heteroatoms. The highest BCUT2D eigenvalue weighted by Crippen LogP contribution is 2.28. The lowest BCUT2D eigenvalue weighted by Crippen LogP contribution is -2.10. The lowest BCUT2D eigenvalue weighted by Gasteiger charge is -2.16. The summed E-state index contributed by atoms with van der Waals surface area (Å²) in [5, 5.41) is 0. The summed E-state index contributed by atoms with van der Waals surface area (Å²) in [6.07, 6.45) is 0. The van der Waals surface area contributed by atoms with E-state index in [-0.39, 0.29) is 5.97 Å². The molecular weight excluding hydrogens is 238 g/mol. The van der Waals surface area contributed by atoms with Gasteiger partial charge in [0, 0.05) is 19.8 Å². The van der Waals surface area contributed by atoms with Crippen LogP contribution in [0.3, 0.4) is 0 Å². The molecule has 0 spiro atoms. The second kappa shape index (κ2) is 5.57. The summed E-state index contributed by atoms with van der Waals surface area (Å²) >= 11 is 0. The molecule has 0 N–H and O–H groups in total. The lowest BCUT2D eigenvalue weighted by molar-refractivity contribution is 0.0601. The Bertz CT molecular complexity index is 577. The van der Waals surface area contributed by atoms with Crippen molar-refractivity contribution in [3.63, 3.8) is 0 Å². The summed E-state index contributed by atoms with van der Waals surface area (Å²) in [5.74, 6) is -0.316. The Morgan fingerprint density at radius 2 is 1.74 bits per heavy atom. The van der Waals surface area contributed by atoms with Crippen LogP contribution in [0.25, 0.3) is 11.1 Å². The van der Waals surface area contributed by atoms with Crippen molar-refractivity contribution in [1.29, 1.82) is 0 Å². The Morgan fingerprint density at radius 3 is 2.32 bits per heavy atom. The van der Waals surface area contributed by atoms with Crippen molar-refractivity contribution >= 4 is 11.7 Å². The van der Waals surface area contributed by atoms with E-state index in [0.717, 1.165) is 16.8 Å². The van der Waals surface area contributed by atoms with Crippen LogP contribution in [0.15, 0.2) is 48.5 Å². The number of methoxy groups -OCH3 is 1.